The van der Waals surface area contributed by atoms with Crippen molar-refractivity contribution in [3.63, 3.8) is 0 Å². The molecule has 1 saturated heterocycles. The number of rotatable bonds is 5. The van der Waals surface area contributed by atoms with Crippen LogP contribution in [0.1, 0.15) is 32.6 Å². The number of aromatic nitrogens is 7. The number of fused-ring (bicyclic) bond motifs is 2. The molecule has 11 nitrogen and oxygen atoms in total. The zero-order chi connectivity index (χ0) is 25.7. The van der Waals surface area contributed by atoms with Gasteiger partial charge in [-0.2, -0.15) is 5.10 Å². The Balaban J connectivity index is 1.45. The number of hydrogen-bond acceptors (Lipinski definition) is 8. The first-order valence-electron chi connectivity index (χ1n) is 12.4. The molecule has 5 heterocycles. The Morgan fingerprint density at radius 3 is 2.62 bits per heavy atom. The van der Waals surface area contributed by atoms with Crippen LogP contribution in [0.4, 0.5) is 11.4 Å². The summed E-state index contributed by atoms with van der Waals surface area (Å²) in [6.45, 7) is 7.77. The summed E-state index contributed by atoms with van der Waals surface area (Å²) in [4.78, 5) is 35.6. The summed E-state index contributed by atoms with van der Waals surface area (Å²) in [6.07, 6.45) is 5.49. The van der Waals surface area contributed by atoms with Crippen LogP contribution in [0.3, 0.4) is 0 Å². The highest BCUT2D eigenvalue weighted by Crippen LogP contribution is 2.33. The van der Waals surface area contributed by atoms with Gasteiger partial charge in [-0.25, -0.2) is 15.0 Å². The number of pyridine rings is 1. The van der Waals surface area contributed by atoms with E-state index in [1.165, 1.54) is 0 Å². The molecule has 6 rings (SSSR count). The van der Waals surface area contributed by atoms with E-state index in [9.17, 15) is 4.79 Å². The van der Waals surface area contributed by atoms with Crippen LogP contribution >= 0.6 is 0 Å². The molecule has 3 N–H and O–H groups in total. The minimum Gasteiger partial charge on any atom is -0.373 e. The summed E-state index contributed by atoms with van der Waals surface area (Å²) in [5.41, 5.74) is 4.69. The standard InChI is InChI=1S/C26H29N9O2/c1-14-11-35(12-15(2)37-14)17-6-7-18-19(10-17)31-25(30-18)21-23(29-16(3)24-27-8-5-9-28-24)22-20(32-26(21)36)13-34(4)33-22/h5-10,13-16,29H,11-12H2,1-4H3,(H,30,31)(H,32,36)/t14-,15-,16+/m1/s1. The number of benzene rings is 1. The van der Waals surface area contributed by atoms with E-state index in [1.54, 1.807) is 29.3 Å². The van der Waals surface area contributed by atoms with E-state index in [1.807, 2.05) is 20.0 Å². The van der Waals surface area contributed by atoms with Gasteiger partial charge < -0.3 is 24.9 Å². The molecule has 0 spiro atoms. The summed E-state index contributed by atoms with van der Waals surface area (Å²) in [5.74, 6) is 1.08. The van der Waals surface area contributed by atoms with Crippen molar-refractivity contribution in [2.24, 2.45) is 7.05 Å². The van der Waals surface area contributed by atoms with E-state index in [0.29, 0.717) is 33.9 Å². The minimum atomic E-state index is -0.270. The molecule has 0 aliphatic carbocycles. The molecular weight excluding hydrogens is 470 g/mol. The number of anilines is 2. The van der Waals surface area contributed by atoms with Crippen molar-refractivity contribution in [1.29, 1.82) is 0 Å². The van der Waals surface area contributed by atoms with E-state index in [4.69, 9.17) is 9.72 Å². The Labute approximate surface area is 212 Å². The van der Waals surface area contributed by atoms with Gasteiger partial charge in [0.1, 0.15) is 22.7 Å². The number of morpholine rings is 1. The second-order valence-corrected chi connectivity index (χ2v) is 9.69. The highest BCUT2D eigenvalue weighted by atomic mass is 16.5. The molecule has 3 atom stereocenters. The van der Waals surface area contributed by atoms with Gasteiger partial charge in [0, 0.05) is 44.4 Å². The first-order valence-corrected chi connectivity index (χ1v) is 12.4. The quantitative estimate of drug-likeness (QED) is 0.336. The molecular formula is C26H29N9O2. The predicted molar refractivity (Wildman–Crippen MR) is 143 cm³/mol. The van der Waals surface area contributed by atoms with Crippen molar-refractivity contribution in [2.45, 2.75) is 39.0 Å². The molecule has 1 aliphatic heterocycles. The number of imidazole rings is 1. The summed E-state index contributed by atoms with van der Waals surface area (Å²) < 4.78 is 7.57. The monoisotopic (exact) mass is 499 g/mol. The maximum Gasteiger partial charge on any atom is 0.261 e. The molecule has 4 aromatic heterocycles. The average molecular weight is 500 g/mol. The van der Waals surface area contributed by atoms with Gasteiger partial charge in [0.25, 0.3) is 5.56 Å². The lowest BCUT2D eigenvalue weighted by Crippen LogP contribution is -2.45. The zero-order valence-corrected chi connectivity index (χ0v) is 21.2. The van der Waals surface area contributed by atoms with Gasteiger partial charge in [0.15, 0.2) is 0 Å². The SMILES string of the molecule is C[C@@H]1CN(c2ccc3nc(-c4c(N[C@@H](C)c5ncccn5)c5nn(C)cc5[nH]c4=O)[nH]c3c2)C[C@@H](C)O1. The largest absolute Gasteiger partial charge is 0.373 e. The van der Waals surface area contributed by atoms with Crippen molar-refractivity contribution in [2.75, 3.05) is 23.3 Å². The van der Waals surface area contributed by atoms with Crippen LogP contribution in [0.25, 0.3) is 33.5 Å². The van der Waals surface area contributed by atoms with Gasteiger partial charge in [-0.15, -0.1) is 0 Å². The smallest absolute Gasteiger partial charge is 0.261 e. The first kappa shape index (κ1) is 23.2. The Morgan fingerprint density at radius 2 is 1.86 bits per heavy atom. The fourth-order valence-corrected chi connectivity index (χ4v) is 5.06. The maximum absolute atomic E-state index is 13.4. The molecule has 1 aliphatic rings. The third-order valence-electron chi connectivity index (χ3n) is 6.61. The highest BCUT2D eigenvalue weighted by molar-refractivity contribution is 5.96. The second-order valence-electron chi connectivity index (χ2n) is 9.69. The molecule has 0 bridgehead atoms. The number of aryl methyl sites for hydroxylation is 1. The van der Waals surface area contributed by atoms with Gasteiger partial charge in [0.2, 0.25) is 0 Å². The van der Waals surface area contributed by atoms with Crippen LogP contribution < -0.4 is 15.8 Å². The molecule has 5 aromatic rings. The Morgan fingerprint density at radius 1 is 1.11 bits per heavy atom. The number of aromatic amines is 2. The van der Waals surface area contributed by atoms with E-state index in [2.05, 4.69) is 61.2 Å². The molecule has 0 amide bonds. The number of hydrogen-bond donors (Lipinski definition) is 3. The Bertz CT molecular complexity index is 1630. The predicted octanol–water partition coefficient (Wildman–Crippen LogP) is 3.38. The summed E-state index contributed by atoms with van der Waals surface area (Å²) >= 11 is 0. The first-order chi connectivity index (χ1) is 17.9. The maximum atomic E-state index is 13.4. The van der Waals surface area contributed by atoms with Gasteiger partial charge >= 0.3 is 0 Å². The number of nitrogens with zero attached hydrogens (tertiary/aromatic N) is 6. The summed E-state index contributed by atoms with van der Waals surface area (Å²) in [5, 5.41) is 8.05. The van der Waals surface area contributed by atoms with Crippen LogP contribution in [0.2, 0.25) is 0 Å². The lowest BCUT2D eigenvalue weighted by atomic mass is 10.1. The minimum absolute atomic E-state index is 0.157. The van der Waals surface area contributed by atoms with Crippen LogP contribution in [0.15, 0.2) is 47.7 Å². The van der Waals surface area contributed by atoms with Crippen LogP contribution in [0, 0.1) is 0 Å². The lowest BCUT2D eigenvalue weighted by Gasteiger charge is -2.36. The van der Waals surface area contributed by atoms with Gasteiger partial charge in [-0.05, 0) is 45.0 Å². The van der Waals surface area contributed by atoms with E-state index in [0.717, 1.165) is 29.8 Å². The summed E-state index contributed by atoms with van der Waals surface area (Å²) in [6, 6.07) is 7.63. The van der Waals surface area contributed by atoms with Gasteiger partial charge in [-0.1, -0.05) is 0 Å². The van der Waals surface area contributed by atoms with E-state index >= 15 is 0 Å². The normalized spacial score (nSPS) is 19.0. The van der Waals surface area contributed by atoms with Crippen molar-refractivity contribution in [1.82, 2.24) is 34.7 Å². The fraction of sp³-hybridized carbons (Fsp3) is 0.346. The fourth-order valence-electron chi connectivity index (χ4n) is 5.06. The Kier molecular flexibility index (Phi) is 5.64. The number of nitrogens with one attached hydrogen (secondary N) is 3. The third-order valence-corrected chi connectivity index (χ3v) is 6.61. The lowest BCUT2D eigenvalue weighted by molar-refractivity contribution is -0.00521. The van der Waals surface area contributed by atoms with Crippen LogP contribution in [0.5, 0.6) is 0 Å². The third kappa shape index (κ3) is 4.31. The van der Waals surface area contributed by atoms with Gasteiger partial charge in [0.05, 0.1) is 40.5 Å². The highest BCUT2D eigenvalue weighted by Gasteiger charge is 2.24. The molecule has 1 fully saturated rings. The zero-order valence-electron chi connectivity index (χ0n) is 21.2. The summed E-state index contributed by atoms with van der Waals surface area (Å²) in [7, 11) is 1.82. The molecule has 1 aromatic carbocycles. The topological polar surface area (TPSA) is 130 Å². The molecule has 0 radical (unpaired) electrons. The molecule has 0 saturated carbocycles. The van der Waals surface area contributed by atoms with E-state index in [-0.39, 0.29) is 23.8 Å². The van der Waals surface area contributed by atoms with Crippen molar-refractivity contribution >= 4 is 33.4 Å². The van der Waals surface area contributed by atoms with Crippen molar-refractivity contribution < 1.29 is 4.74 Å². The van der Waals surface area contributed by atoms with Crippen LogP contribution in [-0.2, 0) is 11.8 Å². The molecule has 190 valence electrons. The van der Waals surface area contributed by atoms with Crippen LogP contribution in [-0.4, -0.2) is 60.0 Å². The Hall–Kier alpha value is -4.25. The molecule has 37 heavy (non-hydrogen) atoms. The average Bonchev–Trinajstić information content (AvgIpc) is 3.45. The van der Waals surface area contributed by atoms with Crippen molar-refractivity contribution in [3.05, 3.63) is 59.0 Å². The van der Waals surface area contributed by atoms with Gasteiger partial charge in [-0.3, -0.25) is 9.48 Å². The molecule has 11 heteroatoms. The second kappa shape index (κ2) is 9.00. The molecule has 0 unspecified atom stereocenters. The van der Waals surface area contributed by atoms with E-state index < -0.39 is 0 Å². The van der Waals surface area contributed by atoms with Crippen molar-refractivity contribution in [3.8, 4) is 11.4 Å². The number of ether oxygens (including phenoxy) is 1. The number of H-pyrrole nitrogens is 2.